The van der Waals surface area contributed by atoms with Crippen LogP contribution in [-0.4, -0.2) is 83.2 Å². The molecular weight excluding hydrogens is 610 g/mol. The summed E-state index contributed by atoms with van der Waals surface area (Å²) in [4.78, 5) is 5.39. The van der Waals surface area contributed by atoms with Gasteiger partial charge in [0, 0.05) is 51.9 Å². The molecule has 2 aliphatic rings. The van der Waals surface area contributed by atoms with Gasteiger partial charge in [0.05, 0.1) is 23.7 Å². The van der Waals surface area contributed by atoms with Crippen molar-refractivity contribution in [2.24, 2.45) is 0 Å². The minimum atomic E-state index is -4.76. The molecule has 2 saturated heterocycles. The lowest BCUT2D eigenvalue weighted by atomic mass is 10.00. The van der Waals surface area contributed by atoms with Crippen molar-refractivity contribution in [1.82, 2.24) is 14.1 Å². The van der Waals surface area contributed by atoms with Crippen molar-refractivity contribution in [2.75, 3.05) is 52.5 Å². The number of rotatable bonds is 11. The Morgan fingerprint density at radius 2 is 1.40 bits per heavy atom. The molecule has 0 saturated carbocycles. The predicted molar refractivity (Wildman–Crippen MR) is 165 cm³/mol. The summed E-state index contributed by atoms with van der Waals surface area (Å²) >= 11 is 0. The van der Waals surface area contributed by atoms with E-state index in [2.05, 4.69) is 26.7 Å². The van der Waals surface area contributed by atoms with Gasteiger partial charge in [0.2, 0.25) is 0 Å². The fourth-order valence-electron chi connectivity index (χ4n) is 6.00. The molecule has 2 fully saturated rings. The number of nitrogens with zero attached hydrogens (tertiary/aromatic N) is 3. The van der Waals surface area contributed by atoms with E-state index in [4.69, 9.17) is 9.47 Å². The summed E-state index contributed by atoms with van der Waals surface area (Å²) in [5.41, 5.74) is 2.76. The van der Waals surface area contributed by atoms with Crippen LogP contribution in [0.1, 0.15) is 32.3 Å². The highest BCUT2D eigenvalue weighted by Gasteiger charge is 2.32. The lowest BCUT2D eigenvalue weighted by Crippen LogP contribution is -2.53. The molecule has 0 aromatic heterocycles. The van der Waals surface area contributed by atoms with Crippen LogP contribution in [0.3, 0.4) is 0 Å². The molecule has 0 radical (unpaired) electrons. The number of hydrogen-bond donors (Lipinski definition) is 0. The smallest absolute Gasteiger partial charge is 0.493 e. The van der Waals surface area contributed by atoms with Crippen LogP contribution >= 0.6 is 0 Å². The van der Waals surface area contributed by atoms with Crippen molar-refractivity contribution in [3.8, 4) is 28.4 Å². The monoisotopic (exact) mass is 649 g/mol. The third kappa shape index (κ3) is 8.75. The maximum Gasteiger partial charge on any atom is 0.573 e. The van der Waals surface area contributed by atoms with E-state index in [0.717, 1.165) is 73.8 Å². The quantitative estimate of drug-likeness (QED) is 0.222. The molecule has 0 bridgehead atoms. The normalized spacial score (nSPS) is 18.1. The van der Waals surface area contributed by atoms with Crippen molar-refractivity contribution >= 4 is 11.0 Å². The van der Waals surface area contributed by atoms with Crippen LogP contribution < -0.4 is 14.2 Å². The van der Waals surface area contributed by atoms with Gasteiger partial charge in [-0.2, -0.15) is 0 Å². The highest BCUT2D eigenvalue weighted by Crippen LogP contribution is 2.40. The maximum absolute atomic E-state index is 13.6. The fourth-order valence-corrected chi connectivity index (χ4v) is 7.21. The molecule has 0 N–H and O–H groups in total. The summed E-state index contributed by atoms with van der Waals surface area (Å²) in [6.45, 7) is 10.6. The molecule has 0 aliphatic carbocycles. The topological polar surface area (TPSA) is 54.5 Å². The molecule has 45 heavy (non-hydrogen) atoms. The highest BCUT2D eigenvalue weighted by molar-refractivity contribution is 7.82. The second-order valence-corrected chi connectivity index (χ2v) is 12.6. The largest absolute Gasteiger partial charge is 0.573 e. The molecule has 12 heteroatoms. The molecule has 3 aromatic rings. The van der Waals surface area contributed by atoms with Crippen LogP contribution in [-0.2, 0) is 17.5 Å². The molecular formula is C33H39F4N3O4S. The van der Waals surface area contributed by atoms with E-state index in [1.807, 2.05) is 18.2 Å². The van der Waals surface area contributed by atoms with Gasteiger partial charge in [0.15, 0.2) is 0 Å². The molecule has 244 valence electrons. The molecule has 1 unspecified atom stereocenters. The Morgan fingerprint density at radius 1 is 0.822 bits per heavy atom. The van der Waals surface area contributed by atoms with Crippen molar-refractivity contribution in [3.05, 3.63) is 72.0 Å². The number of alkyl halides is 3. The first-order valence-corrected chi connectivity index (χ1v) is 16.4. The minimum absolute atomic E-state index is 0.293. The Hall–Kier alpha value is -3.19. The van der Waals surface area contributed by atoms with Crippen LogP contribution in [0.2, 0.25) is 0 Å². The van der Waals surface area contributed by atoms with Gasteiger partial charge in [0.1, 0.15) is 34.1 Å². The molecule has 1 atom stereocenters. The first-order chi connectivity index (χ1) is 21.6. The van der Waals surface area contributed by atoms with Gasteiger partial charge in [-0.05, 0) is 86.3 Å². The molecule has 2 heterocycles. The summed E-state index contributed by atoms with van der Waals surface area (Å²) in [7, 11) is -1.44. The molecule has 7 nitrogen and oxygen atoms in total. The van der Waals surface area contributed by atoms with Crippen molar-refractivity contribution in [3.63, 3.8) is 0 Å². The Balaban J connectivity index is 1.15. The van der Waals surface area contributed by atoms with Gasteiger partial charge in [0.25, 0.3) is 0 Å². The van der Waals surface area contributed by atoms with Gasteiger partial charge in [-0.25, -0.2) is 12.9 Å². The number of hydrogen-bond acceptors (Lipinski definition) is 6. The molecule has 3 aromatic carbocycles. The summed E-state index contributed by atoms with van der Waals surface area (Å²) in [5, 5.41) is 0. The Bertz CT molecular complexity index is 1400. The third-order valence-electron chi connectivity index (χ3n) is 8.10. The van der Waals surface area contributed by atoms with Crippen molar-refractivity contribution in [2.45, 2.75) is 50.5 Å². The Morgan fingerprint density at radius 3 is 1.93 bits per heavy atom. The van der Waals surface area contributed by atoms with E-state index in [1.165, 1.54) is 36.4 Å². The average molecular weight is 650 g/mol. The standard InChI is InChI=1S/C33H39F4N3O4S/c1-3-42-30-21-24(22-31(43-4-2)32(30)25-5-7-26(34)8-6-25)23-38-17-19-39(20-18-38)27-13-15-40(16-14-27)45(41)29-11-9-28(10-12-29)44-33(35,36)37/h5-12,21-22,27H,3-4,13-20,23H2,1-2H3. The van der Waals surface area contributed by atoms with Crippen LogP contribution in [0, 0.1) is 5.82 Å². The van der Waals surface area contributed by atoms with Crippen LogP contribution in [0.4, 0.5) is 17.6 Å². The lowest BCUT2D eigenvalue weighted by molar-refractivity contribution is -0.274. The fraction of sp³-hybridized carbons (Fsp3) is 0.455. The summed E-state index contributed by atoms with van der Waals surface area (Å²) in [6.07, 6.45) is -3.01. The first-order valence-electron chi connectivity index (χ1n) is 15.3. The van der Waals surface area contributed by atoms with Crippen LogP contribution in [0.5, 0.6) is 17.2 Å². The van der Waals surface area contributed by atoms with E-state index in [1.54, 1.807) is 12.1 Å². The summed E-state index contributed by atoms with van der Waals surface area (Å²) in [5.74, 6) is 0.822. The van der Waals surface area contributed by atoms with Crippen LogP contribution in [0.25, 0.3) is 11.1 Å². The lowest BCUT2D eigenvalue weighted by Gasteiger charge is -2.42. The zero-order chi connectivity index (χ0) is 32.0. The summed E-state index contributed by atoms with van der Waals surface area (Å²) < 4.78 is 81.9. The van der Waals surface area contributed by atoms with Crippen molar-refractivity contribution in [1.29, 1.82) is 0 Å². The number of piperazine rings is 1. The van der Waals surface area contributed by atoms with E-state index in [0.29, 0.717) is 37.2 Å². The van der Waals surface area contributed by atoms with E-state index in [9.17, 15) is 21.8 Å². The molecule has 0 spiro atoms. The van der Waals surface area contributed by atoms with E-state index >= 15 is 0 Å². The van der Waals surface area contributed by atoms with Gasteiger partial charge in [-0.1, -0.05) is 12.1 Å². The third-order valence-corrected chi connectivity index (χ3v) is 9.61. The maximum atomic E-state index is 13.6. The van der Waals surface area contributed by atoms with Gasteiger partial charge in [-0.15, -0.1) is 13.2 Å². The number of benzene rings is 3. The van der Waals surface area contributed by atoms with Gasteiger partial charge >= 0.3 is 6.36 Å². The molecule has 0 amide bonds. The first kappa shape index (κ1) is 33.2. The van der Waals surface area contributed by atoms with Crippen LogP contribution in [0.15, 0.2) is 65.6 Å². The van der Waals surface area contributed by atoms with E-state index in [-0.39, 0.29) is 11.6 Å². The van der Waals surface area contributed by atoms with Gasteiger partial charge in [-0.3, -0.25) is 9.80 Å². The van der Waals surface area contributed by atoms with Crippen molar-refractivity contribution < 1.29 is 36.0 Å². The SMILES string of the molecule is CCOc1cc(CN2CCN(C3CCN(S(=O)c4ccc(OC(F)(F)F)cc4)CC3)CC2)cc(OCC)c1-c1ccc(F)cc1. The molecule has 2 aliphatic heterocycles. The zero-order valence-corrected chi connectivity index (χ0v) is 26.3. The highest BCUT2D eigenvalue weighted by atomic mass is 32.2. The number of halogens is 4. The minimum Gasteiger partial charge on any atom is -0.493 e. The average Bonchev–Trinajstić information content (AvgIpc) is 3.02. The zero-order valence-electron chi connectivity index (χ0n) is 25.5. The summed E-state index contributed by atoms with van der Waals surface area (Å²) in [6, 6.07) is 16.1. The second-order valence-electron chi connectivity index (χ2n) is 11.1. The number of ether oxygens (including phenoxy) is 3. The van der Waals surface area contributed by atoms with Gasteiger partial charge < -0.3 is 14.2 Å². The Kier molecular flexibility index (Phi) is 11.0. The van der Waals surface area contributed by atoms with E-state index < -0.39 is 17.3 Å². The predicted octanol–water partition coefficient (Wildman–Crippen LogP) is 6.49. The molecule has 5 rings (SSSR count). The Labute approximate surface area is 264 Å². The second kappa shape index (κ2) is 14.9. The number of piperidine rings is 1.